The van der Waals surface area contributed by atoms with E-state index in [1.54, 1.807) is 6.07 Å². The predicted molar refractivity (Wildman–Crippen MR) is 176 cm³/mol. The lowest BCUT2D eigenvalue weighted by atomic mass is 9.54. The molecule has 6 atom stereocenters. The summed E-state index contributed by atoms with van der Waals surface area (Å²) in [5.41, 5.74) is 3.91. The first kappa shape index (κ1) is 28.3. The van der Waals surface area contributed by atoms with Gasteiger partial charge in [-0.25, -0.2) is 0 Å². The van der Waals surface area contributed by atoms with Crippen molar-refractivity contribution in [2.75, 3.05) is 26.2 Å². The van der Waals surface area contributed by atoms with Gasteiger partial charge in [0.1, 0.15) is 5.75 Å². The molecule has 232 valence electrons. The molecule has 3 aromatic rings. The molecule has 44 heavy (non-hydrogen) atoms. The fraction of sp³-hybridized carbons (Fsp3) is 0.556. The van der Waals surface area contributed by atoms with E-state index in [0.717, 1.165) is 111 Å². The largest absolute Gasteiger partial charge is 0.506 e. The van der Waals surface area contributed by atoms with E-state index in [9.17, 15) is 10.2 Å². The minimum Gasteiger partial charge on any atom is -0.506 e. The molecule has 1 spiro atoms. The maximum absolute atomic E-state index is 13.1. The fourth-order valence-electron chi connectivity index (χ4n) is 10.1. The number of aromatic nitrogens is 2. The molecular weight excluding hydrogens is 548 g/mol. The van der Waals surface area contributed by atoms with Crippen LogP contribution in [0.15, 0.2) is 53.8 Å². The number of nitrogens with two attached hydrogens (primary N) is 1. The van der Waals surface area contributed by atoms with Crippen LogP contribution in [0.5, 0.6) is 5.75 Å². The van der Waals surface area contributed by atoms with Crippen molar-refractivity contribution < 1.29 is 10.2 Å². The van der Waals surface area contributed by atoms with E-state index in [-0.39, 0.29) is 17.2 Å². The smallest absolute Gasteiger partial charge is 0.139 e. The Kier molecular flexibility index (Phi) is 7.07. The third-order valence-corrected chi connectivity index (χ3v) is 11.8. The van der Waals surface area contributed by atoms with E-state index in [1.807, 2.05) is 18.3 Å². The number of fused-ring (bicyclic) bond motifs is 5. The molecule has 1 aliphatic carbocycles. The number of piperidine rings is 1. The highest BCUT2D eigenvalue weighted by atomic mass is 16.3. The quantitative estimate of drug-likeness (QED) is 0.163. The summed E-state index contributed by atoms with van der Waals surface area (Å²) in [4.78, 5) is 14.1. The summed E-state index contributed by atoms with van der Waals surface area (Å²) in [6, 6.07) is 8.21. The van der Waals surface area contributed by atoms with Gasteiger partial charge in [-0.15, -0.1) is 0 Å². The van der Waals surface area contributed by atoms with Gasteiger partial charge in [-0.2, -0.15) is 5.10 Å². The molecule has 8 rings (SSSR count). The SMILES string of the molecule is N/N=C1/CCCN2[C@@H](CC1)C[C@]13CN4CCCC/C=C\CC[C@](O)(C=C(c5nccc6c5[nH]c5c(O)cccc56)[C@@H]1CC4)[C@H]23. The Labute approximate surface area is 259 Å². The van der Waals surface area contributed by atoms with Gasteiger partial charge < -0.3 is 25.9 Å². The summed E-state index contributed by atoms with van der Waals surface area (Å²) in [7, 11) is 0. The molecule has 3 bridgehead atoms. The summed E-state index contributed by atoms with van der Waals surface area (Å²) in [5, 5.41) is 30.1. The molecule has 0 amide bonds. The molecule has 0 saturated carbocycles. The number of hydrazone groups is 1. The highest BCUT2D eigenvalue weighted by Crippen LogP contribution is 2.62. The van der Waals surface area contributed by atoms with Crippen molar-refractivity contribution in [3.05, 3.63) is 54.4 Å². The molecule has 8 nitrogen and oxygen atoms in total. The lowest BCUT2D eigenvalue weighted by Gasteiger charge is -2.58. The van der Waals surface area contributed by atoms with Crippen molar-refractivity contribution in [1.82, 2.24) is 19.8 Å². The molecule has 2 aromatic heterocycles. The molecule has 5 N–H and O–H groups in total. The van der Waals surface area contributed by atoms with Crippen LogP contribution in [0.3, 0.4) is 0 Å². The number of aromatic hydroxyl groups is 1. The average Bonchev–Trinajstić information content (AvgIpc) is 3.54. The number of hydrogen-bond acceptors (Lipinski definition) is 7. The van der Waals surface area contributed by atoms with Crippen LogP contribution >= 0.6 is 0 Å². The zero-order chi connectivity index (χ0) is 29.9. The van der Waals surface area contributed by atoms with Crippen LogP contribution in [-0.4, -0.2) is 79.6 Å². The minimum absolute atomic E-state index is 0.0630. The van der Waals surface area contributed by atoms with E-state index in [0.29, 0.717) is 18.4 Å². The van der Waals surface area contributed by atoms with Crippen LogP contribution < -0.4 is 5.84 Å². The van der Waals surface area contributed by atoms with Gasteiger partial charge >= 0.3 is 0 Å². The Hall–Kier alpha value is -3.20. The Bertz CT molecular complexity index is 1660. The zero-order valence-corrected chi connectivity index (χ0v) is 25.7. The third kappa shape index (κ3) is 4.44. The summed E-state index contributed by atoms with van der Waals surface area (Å²) in [5.74, 6) is 6.34. The van der Waals surface area contributed by atoms with Crippen LogP contribution in [0.25, 0.3) is 27.4 Å². The van der Waals surface area contributed by atoms with Gasteiger partial charge in [-0.05, 0) is 120 Å². The first-order chi connectivity index (χ1) is 21.5. The summed E-state index contributed by atoms with van der Waals surface area (Å²) in [6.07, 6.45) is 20.0. The van der Waals surface area contributed by atoms with Gasteiger partial charge in [0.15, 0.2) is 0 Å². The predicted octanol–water partition coefficient (Wildman–Crippen LogP) is 5.71. The van der Waals surface area contributed by atoms with Gasteiger partial charge in [-0.1, -0.05) is 24.3 Å². The van der Waals surface area contributed by atoms with Crippen molar-refractivity contribution in [2.24, 2.45) is 22.3 Å². The lowest BCUT2D eigenvalue weighted by molar-refractivity contribution is -0.0904. The van der Waals surface area contributed by atoms with Crippen LogP contribution in [-0.2, 0) is 0 Å². The van der Waals surface area contributed by atoms with Gasteiger partial charge in [-0.3, -0.25) is 9.88 Å². The molecule has 1 unspecified atom stereocenters. The number of H-pyrrole nitrogens is 1. The van der Waals surface area contributed by atoms with Gasteiger partial charge in [0.2, 0.25) is 0 Å². The summed E-state index contributed by atoms with van der Waals surface area (Å²) in [6.45, 7) is 4.18. The Morgan fingerprint density at radius 3 is 2.77 bits per heavy atom. The fourth-order valence-corrected chi connectivity index (χ4v) is 10.1. The first-order valence-electron chi connectivity index (χ1n) is 16.9. The maximum Gasteiger partial charge on any atom is 0.139 e. The van der Waals surface area contributed by atoms with Crippen molar-refractivity contribution >= 4 is 33.1 Å². The zero-order valence-electron chi connectivity index (χ0n) is 25.7. The number of allylic oxidation sites excluding steroid dienone is 3. The molecule has 8 heteroatoms. The Morgan fingerprint density at radius 2 is 1.86 bits per heavy atom. The van der Waals surface area contributed by atoms with Crippen LogP contribution in [0.1, 0.15) is 76.3 Å². The lowest BCUT2D eigenvalue weighted by Crippen LogP contribution is -2.65. The number of phenolic OH excluding ortho intramolecular Hbond substituents is 1. The van der Waals surface area contributed by atoms with Crippen molar-refractivity contribution in [2.45, 2.75) is 88.3 Å². The van der Waals surface area contributed by atoms with Crippen LogP contribution in [0, 0.1) is 11.3 Å². The maximum atomic E-state index is 13.1. The molecule has 5 aliphatic rings. The number of benzene rings is 1. The van der Waals surface area contributed by atoms with Crippen molar-refractivity contribution in [1.29, 1.82) is 0 Å². The molecular formula is C36H46N6O2. The van der Waals surface area contributed by atoms with E-state index in [4.69, 9.17) is 10.8 Å². The molecule has 6 heterocycles. The molecule has 3 saturated heterocycles. The number of hydrogen-bond donors (Lipinski definition) is 4. The van der Waals surface area contributed by atoms with E-state index in [2.05, 4.69) is 44.2 Å². The Balaban J connectivity index is 1.32. The second kappa shape index (κ2) is 11.0. The third-order valence-electron chi connectivity index (χ3n) is 11.8. The normalized spacial score (nSPS) is 36.5. The topological polar surface area (TPSA) is 114 Å². The van der Waals surface area contributed by atoms with Gasteiger partial charge in [0, 0.05) is 46.7 Å². The Morgan fingerprint density at radius 1 is 0.977 bits per heavy atom. The summed E-state index contributed by atoms with van der Waals surface area (Å²) >= 11 is 0. The van der Waals surface area contributed by atoms with Crippen molar-refractivity contribution in [3.8, 4) is 5.75 Å². The monoisotopic (exact) mass is 594 g/mol. The minimum atomic E-state index is -0.982. The molecule has 0 radical (unpaired) electrons. The molecule has 4 aliphatic heterocycles. The van der Waals surface area contributed by atoms with Gasteiger partial charge in [0.25, 0.3) is 0 Å². The highest BCUT2D eigenvalue weighted by Gasteiger charge is 2.66. The number of nitrogens with zero attached hydrogens (tertiary/aromatic N) is 4. The van der Waals surface area contributed by atoms with Crippen molar-refractivity contribution in [3.63, 3.8) is 0 Å². The number of rotatable bonds is 1. The number of pyridine rings is 1. The van der Waals surface area contributed by atoms with Crippen LogP contribution in [0.4, 0.5) is 0 Å². The standard InChI is InChI=1S/C36H46N6O2/c37-40-24-9-8-19-42-25(13-12-24)21-35-23-41-18-6-4-2-1-3-5-16-36(44,34(35)42)22-28(29(35)15-20-41)32-33-27(14-17-38-32)26-10-7-11-30(43)31(26)39-33/h1,3,7,10-11,14,17,22,25,29,34,39,43-44H,2,4-6,8-9,12-13,15-16,18-21,23,37H2/b3-1-,40-24-/t25-,29-,34+,35-,36-/m0/s1. The first-order valence-corrected chi connectivity index (χ1v) is 16.9. The van der Waals surface area contributed by atoms with E-state index < -0.39 is 5.60 Å². The highest BCUT2D eigenvalue weighted by molar-refractivity contribution is 6.11. The van der Waals surface area contributed by atoms with E-state index >= 15 is 0 Å². The number of para-hydroxylation sites is 1. The number of aliphatic hydroxyl groups is 1. The number of phenols is 1. The summed E-state index contributed by atoms with van der Waals surface area (Å²) < 4.78 is 0. The van der Waals surface area contributed by atoms with Crippen LogP contribution in [0.2, 0.25) is 0 Å². The average molecular weight is 595 g/mol. The van der Waals surface area contributed by atoms with Gasteiger partial charge in [0.05, 0.1) is 22.3 Å². The second-order valence-electron chi connectivity index (χ2n) is 14.2. The number of nitrogens with one attached hydrogen (secondary N) is 1. The molecule has 1 aromatic carbocycles. The van der Waals surface area contributed by atoms with E-state index in [1.165, 1.54) is 18.4 Å². The number of aromatic amines is 1. The second-order valence-corrected chi connectivity index (χ2v) is 14.2. The molecule has 3 fully saturated rings.